The topological polar surface area (TPSA) is 3.24 Å². The third-order valence-electron chi connectivity index (χ3n) is 12.9. The Hall–Kier alpha value is -7.74. The van der Waals surface area contributed by atoms with Crippen molar-refractivity contribution in [3.63, 3.8) is 0 Å². The van der Waals surface area contributed by atoms with Gasteiger partial charge in [-0.1, -0.05) is 220 Å². The molecule has 1 aliphatic carbocycles. The summed E-state index contributed by atoms with van der Waals surface area (Å²) in [4.78, 5) is 2.51. The van der Waals surface area contributed by atoms with Crippen LogP contribution in [-0.2, 0) is 5.41 Å². The van der Waals surface area contributed by atoms with Gasteiger partial charge in [-0.2, -0.15) is 0 Å². The molecule has 0 N–H and O–H groups in total. The summed E-state index contributed by atoms with van der Waals surface area (Å²) in [5.74, 6) is 0. The van der Waals surface area contributed by atoms with Crippen molar-refractivity contribution in [2.45, 2.75) is 19.3 Å². The molecule has 0 aliphatic heterocycles. The number of fused-ring (bicyclic) bond motifs is 4. The largest absolute Gasteiger partial charge is 0.309 e. The number of nitrogens with zero attached hydrogens (tertiary/aromatic N) is 1. The maximum atomic E-state index is 2.51. The number of para-hydroxylation sites is 1. The van der Waals surface area contributed by atoms with E-state index in [2.05, 4.69) is 255 Å². The van der Waals surface area contributed by atoms with Crippen molar-refractivity contribution in [3.05, 3.63) is 248 Å². The van der Waals surface area contributed by atoms with Gasteiger partial charge in [0.15, 0.2) is 0 Å². The summed E-state index contributed by atoms with van der Waals surface area (Å²) in [6.45, 7) is 4.73. The van der Waals surface area contributed by atoms with Crippen molar-refractivity contribution < 1.29 is 0 Å². The molecule has 0 bridgehead atoms. The lowest BCUT2D eigenvalue weighted by Gasteiger charge is -2.32. The average molecular weight is 792 g/mol. The van der Waals surface area contributed by atoms with Gasteiger partial charge in [0.25, 0.3) is 0 Å². The molecular weight excluding hydrogens is 747 g/mol. The van der Waals surface area contributed by atoms with Crippen LogP contribution in [-0.4, -0.2) is 0 Å². The van der Waals surface area contributed by atoms with Crippen LogP contribution < -0.4 is 4.90 Å². The van der Waals surface area contributed by atoms with Gasteiger partial charge in [0.2, 0.25) is 0 Å². The Morgan fingerprint density at radius 1 is 0.290 bits per heavy atom. The van der Waals surface area contributed by atoms with Crippen molar-refractivity contribution >= 4 is 27.8 Å². The van der Waals surface area contributed by atoms with Gasteiger partial charge in [0.05, 0.1) is 11.4 Å². The van der Waals surface area contributed by atoms with E-state index in [4.69, 9.17) is 0 Å². The summed E-state index contributed by atoms with van der Waals surface area (Å²) >= 11 is 0. The van der Waals surface area contributed by atoms with Crippen molar-refractivity contribution in [1.82, 2.24) is 0 Å². The second-order valence-corrected chi connectivity index (χ2v) is 16.8. The van der Waals surface area contributed by atoms with Gasteiger partial charge in [0, 0.05) is 22.2 Å². The molecule has 0 unspecified atom stereocenters. The van der Waals surface area contributed by atoms with Gasteiger partial charge in [0.1, 0.15) is 0 Å². The van der Waals surface area contributed by atoms with E-state index in [1.165, 1.54) is 88.7 Å². The van der Waals surface area contributed by atoms with Crippen LogP contribution in [0.4, 0.5) is 17.1 Å². The lowest BCUT2D eigenvalue weighted by atomic mass is 9.82. The van der Waals surface area contributed by atoms with Crippen LogP contribution in [0.15, 0.2) is 237 Å². The predicted octanol–water partition coefficient (Wildman–Crippen LogP) is 17.0. The molecule has 0 amide bonds. The van der Waals surface area contributed by atoms with Crippen LogP contribution >= 0.6 is 0 Å². The number of anilines is 3. The van der Waals surface area contributed by atoms with E-state index in [9.17, 15) is 0 Å². The SMILES string of the molecule is CC1(C)c2ccccc2-c2c(-c3ccccc3N(c3ccc(-c4ccc5ccccc5c4)cc3)c3cccc(-c4ccccc4)c3-c3ccccc3-c3ccccc3)cccc21. The van der Waals surface area contributed by atoms with Crippen LogP contribution in [0.1, 0.15) is 25.0 Å². The number of hydrogen-bond acceptors (Lipinski definition) is 1. The van der Waals surface area contributed by atoms with Crippen LogP contribution in [0.3, 0.4) is 0 Å². The third kappa shape index (κ3) is 6.33. The molecule has 10 aromatic carbocycles. The summed E-state index contributed by atoms with van der Waals surface area (Å²) in [6.07, 6.45) is 0. The summed E-state index contributed by atoms with van der Waals surface area (Å²) in [7, 11) is 0. The van der Waals surface area contributed by atoms with Gasteiger partial charge < -0.3 is 4.90 Å². The van der Waals surface area contributed by atoms with Gasteiger partial charge in [-0.3, -0.25) is 0 Å². The Balaban J connectivity index is 1.19. The first-order valence-electron chi connectivity index (χ1n) is 21.6. The van der Waals surface area contributed by atoms with E-state index >= 15 is 0 Å². The molecule has 0 aromatic heterocycles. The normalized spacial score (nSPS) is 12.5. The molecule has 62 heavy (non-hydrogen) atoms. The van der Waals surface area contributed by atoms with Gasteiger partial charge in [-0.05, 0) is 108 Å². The van der Waals surface area contributed by atoms with E-state index in [1.54, 1.807) is 0 Å². The Morgan fingerprint density at radius 3 is 1.56 bits per heavy atom. The fourth-order valence-corrected chi connectivity index (χ4v) is 9.89. The standard InChI is InChI=1S/C61H45N/c1-61(2)55-31-15-13-28-54(55)59-53(30-17-32-56(59)61)51-26-14-16-33-57(51)62(48-39-37-43(38-40-48)47-36-35-42-19-9-10-24-46(42)41-47)58-34-18-29-50(45-22-7-4-8-23-45)60(58)52-27-12-11-25-49(52)44-20-5-3-6-21-44/h3-41H,1-2H3. The molecular formula is C61H45N. The van der Waals surface area contributed by atoms with Gasteiger partial charge in [-0.15, -0.1) is 0 Å². The Labute approximate surface area is 364 Å². The molecule has 0 fully saturated rings. The minimum atomic E-state index is -0.118. The van der Waals surface area contributed by atoms with E-state index in [1.807, 2.05) is 0 Å². The minimum Gasteiger partial charge on any atom is -0.309 e. The highest BCUT2D eigenvalue weighted by Gasteiger charge is 2.37. The first kappa shape index (κ1) is 37.3. The number of benzene rings is 10. The average Bonchev–Trinajstić information content (AvgIpc) is 3.58. The number of hydrogen-bond donors (Lipinski definition) is 0. The third-order valence-corrected chi connectivity index (χ3v) is 12.9. The molecule has 294 valence electrons. The first-order valence-corrected chi connectivity index (χ1v) is 21.6. The zero-order valence-electron chi connectivity index (χ0n) is 35.0. The quantitative estimate of drug-likeness (QED) is 0.148. The molecule has 11 rings (SSSR count). The smallest absolute Gasteiger partial charge is 0.0546 e. The molecule has 0 saturated heterocycles. The summed E-state index contributed by atoms with van der Waals surface area (Å²) in [6, 6.07) is 86.8. The van der Waals surface area contributed by atoms with Crippen LogP contribution in [0, 0.1) is 0 Å². The maximum absolute atomic E-state index is 2.51. The second kappa shape index (κ2) is 15.4. The molecule has 0 radical (unpaired) electrons. The second-order valence-electron chi connectivity index (χ2n) is 16.8. The van der Waals surface area contributed by atoms with E-state index < -0.39 is 0 Å². The summed E-state index contributed by atoms with van der Waals surface area (Å²) in [5, 5.41) is 2.49. The maximum Gasteiger partial charge on any atom is 0.0546 e. The molecule has 0 heterocycles. The van der Waals surface area contributed by atoms with E-state index in [-0.39, 0.29) is 5.41 Å². The molecule has 10 aromatic rings. The fourth-order valence-electron chi connectivity index (χ4n) is 9.89. The van der Waals surface area contributed by atoms with Crippen LogP contribution in [0.25, 0.3) is 77.5 Å². The Bertz CT molecular complexity index is 3250. The zero-order valence-corrected chi connectivity index (χ0v) is 35.0. The summed E-state index contributed by atoms with van der Waals surface area (Å²) < 4.78 is 0. The first-order chi connectivity index (χ1) is 30.5. The lowest BCUT2D eigenvalue weighted by Crippen LogP contribution is -2.15. The highest BCUT2D eigenvalue weighted by Crippen LogP contribution is 2.55. The van der Waals surface area contributed by atoms with E-state index in [0.29, 0.717) is 0 Å². The van der Waals surface area contributed by atoms with Crippen molar-refractivity contribution in [2.75, 3.05) is 4.90 Å². The molecule has 0 saturated carbocycles. The van der Waals surface area contributed by atoms with Crippen molar-refractivity contribution in [1.29, 1.82) is 0 Å². The highest BCUT2D eigenvalue weighted by atomic mass is 15.1. The van der Waals surface area contributed by atoms with Crippen LogP contribution in [0.5, 0.6) is 0 Å². The molecule has 0 spiro atoms. The van der Waals surface area contributed by atoms with Gasteiger partial charge >= 0.3 is 0 Å². The minimum absolute atomic E-state index is 0.118. The molecule has 1 aliphatic rings. The van der Waals surface area contributed by atoms with Crippen LogP contribution in [0.2, 0.25) is 0 Å². The summed E-state index contributed by atoms with van der Waals surface area (Å²) in [5.41, 5.74) is 20.4. The van der Waals surface area contributed by atoms with Crippen molar-refractivity contribution in [2.24, 2.45) is 0 Å². The number of rotatable bonds is 8. The molecule has 1 nitrogen and oxygen atoms in total. The Morgan fingerprint density at radius 2 is 0.806 bits per heavy atom. The molecule has 0 atom stereocenters. The van der Waals surface area contributed by atoms with Crippen molar-refractivity contribution in [3.8, 4) is 66.8 Å². The van der Waals surface area contributed by atoms with E-state index in [0.717, 1.165) is 17.1 Å². The predicted molar refractivity (Wildman–Crippen MR) is 263 cm³/mol. The lowest BCUT2D eigenvalue weighted by molar-refractivity contribution is 0.660. The Kier molecular flexibility index (Phi) is 9.24. The fraction of sp³-hybridized carbons (Fsp3) is 0.0492. The monoisotopic (exact) mass is 791 g/mol. The zero-order chi connectivity index (χ0) is 41.6. The molecule has 1 heteroatoms. The van der Waals surface area contributed by atoms with Gasteiger partial charge in [-0.25, -0.2) is 0 Å². The highest BCUT2D eigenvalue weighted by molar-refractivity contribution is 6.04.